The average molecular weight is 490 g/mol. The first-order valence-electron chi connectivity index (χ1n) is 9.20. The Morgan fingerprint density at radius 2 is 1.94 bits per heavy atom. The third-order valence-electron chi connectivity index (χ3n) is 4.36. The quantitative estimate of drug-likeness (QED) is 0.400. The molecular formula is C20H19ClF3N3O4S. The van der Waals surface area contributed by atoms with Crippen LogP contribution in [0, 0.1) is 10.1 Å². The number of rotatable bonds is 9. The van der Waals surface area contributed by atoms with Crippen LogP contribution in [0.3, 0.4) is 0 Å². The zero-order valence-corrected chi connectivity index (χ0v) is 18.3. The second kappa shape index (κ2) is 11.2. The van der Waals surface area contributed by atoms with E-state index in [1.165, 1.54) is 36.0 Å². The number of benzene rings is 2. The van der Waals surface area contributed by atoms with Gasteiger partial charge in [0.25, 0.3) is 11.6 Å². The van der Waals surface area contributed by atoms with Crippen LogP contribution in [0.25, 0.3) is 0 Å². The van der Waals surface area contributed by atoms with Crippen LogP contribution in [0.4, 0.5) is 18.9 Å². The topological polar surface area (TPSA) is 101 Å². The minimum absolute atomic E-state index is 0.0547. The van der Waals surface area contributed by atoms with Crippen LogP contribution < -0.4 is 10.6 Å². The predicted octanol–water partition coefficient (Wildman–Crippen LogP) is 4.43. The van der Waals surface area contributed by atoms with Gasteiger partial charge in [-0.15, -0.1) is 0 Å². The third kappa shape index (κ3) is 7.13. The highest BCUT2D eigenvalue weighted by Crippen LogP contribution is 2.29. The summed E-state index contributed by atoms with van der Waals surface area (Å²) < 4.78 is 38.6. The summed E-state index contributed by atoms with van der Waals surface area (Å²) in [5, 5.41) is 15.9. The fourth-order valence-corrected chi connectivity index (χ4v) is 3.37. The number of hydrogen-bond acceptors (Lipinski definition) is 5. The van der Waals surface area contributed by atoms with Crippen molar-refractivity contribution in [1.82, 2.24) is 10.6 Å². The summed E-state index contributed by atoms with van der Waals surface area (Å²) in [6, 6.07) is 7.05. The van der Waals surface area contributed by atoms with Gasteiger partial charge in [0.1, 0.15) is 11.1 Å². The molecule has 2 aromatic carbocycles. The molecule has 0 spiro atoms. The van der Waals surface area contributed by atoms with E-state index in [0.29, 0.717) is 5.75 Å². The van der Waals surface area contributed by atoms with Crippen molar-refractivity contribution in [2.75, 3.05) is 12.0 Å². The second-order valence-electron chi connectivity index (χ2n) is 6.65. The Morgan fingerprint density at radius 3 is 2.56 bits per heavy atom. The Morgan fingerprint density at radius 1 is 1.22 bits per heavy atom. The minimum Gasteiger partial charge on any atom is -0.350 e. The maximum atomic E-state index is 12.9. The molecule has 0 radical (unpaired) electrons. The fraction of sp³-hybridized carbons (Fsp3) is 0.300. The van der Waals surface area contributed by atoms with Crippen molar-refractivity contribution >= 4 is 40.9 Å². The van der Waals surface area contributed by atoms with Gasteiger partial charge in [-0.05, 0) is 48.3 Å². The molecule has 32 heavy (non-hydrogen) atoms. The predicted molar refractivity (Wildman–Crippen MR) is 116 cm³/mol. The molecule has 172 valence electrons. The largest absolute Gasteiger partial charge is 0.416 e. The van der Waals surface area contributed by atoms with E-state index in [1.54, 1.807) is 0 Å². The molecule has 2 rings (SSSR count). The highest BCUT2D eigenvalue weighted by molar-refractivity contribution is 7.98. The number of carbonyl (C=O) groups excluding carboxylic acids is 2. The number of hydrogen-bond donors (Lipinski definition) is 2. The molecule has 1 atom stereocenters. The van der Waals surface area contributed by atoms with E-state index in [0.717, 1.165) is 18.2 Å². The van der Waals surface area contributed by atoms with Gasteiger partial charge < -0.3 is 10.6 Å². The Hall–Kier alpha value is -2.79. The Labute approximate surface area is 190 Å². The Bertz CT molecular complexity index is 1000. The molecule has 2 aromatic rings. The lowest BCUT2D eigenvalue weighted by Gasteiger charge is -2.18. The van der Waals surface area contributed by atoms with Gasteiger partial charge in [0.05, 0.1) is 10.5 Å². The fourth-order valence-electron chi connectivity index (χ4n) is 2.71. The van der Waals surface area contributed by atoms with Crippen LogP contribution in [-0.4, -0.2) is 34.8 Å². The van der Waals surface area contributed by atoms with E-state index in [4.69, 9.17) is 11.6 Å². The van der Waals surface area contributed by atoms with E-state index >= 15 is 0 Å². The first-order valence-corrected chi connectivity index (χ1v) is 11.0. The highest BCUT2D eigenvalue weighted by atomic mass is 35.5. The molecule has 7 nitrogen and oxygen atoms in total. The van der Waals surface area contributed by atoms with Crippen LogP contribution in [-0.2, 0) is 17.5 Å². The standard InChI is InChI=1S/C20H19ClF3N3O4S/c1-32-8-7-16(26-18(28)13-5-6-15(21)17(10-13)27(30)31)19(29)25-11-12-3-2-4-14(9-12)20(22,23)24/h2-6,9-10,16H,7-8,11H2,1H3,(H,25,29)(H,26,28). The smallest absolute Gasteiger partial charge is 0.350 e. The van der Waals surface area contributed by atoms with Gasteiger partial charge in [-0.3, -0.25) is 19.7 Å². The monoisotopic (exact) mass is 489 g/mol. The number of halogens is 4. The first-order chi connectivity index (χ1) is 15.0. The molecule has 0 aliphatic carbocycles. The van der Waals surface area contributed by atoms with Crippen molar-refractivity contribution in [3.05, 3.63) is 74.3 Å². The average Bonchev–Trinajstić information content (AvgIpc) is 2.74. The zero-order valence-electron chi connectivity index (χ0n) is 16.7. The van der Waals surface area contributed by atoms with Crippen LogP contribution in [0.5, 0.6) is 0 Å². The van der Waals surface area contributed by atoms with E-state index in [2.05, 4.69) is 10.6 Å². The number of nitro benzene ring substituents is 1. The zero-order chi connectivity index (χ0) is 23.9. The Balaban J connectivity index is 2.10. The van der Waals surface area contributed by atoms with Gasteiger partial charge >= 0.3 is 6.18 Å². The van der Waals surface area contributed by atoms with E-state index in [1.807, 2.05) is 6.26 Å². The Kier molecular flexibility index (Phi) is 8.90. The first kappa shape index (κ1) is 25.5. The number of carbonyl (C=O) groups is 2. The summed E-state index contributed by atoms with van der Waals surface area (Å²) >= 11 is 7.18. The summed E-state index contributed by atoms with van der Waals surface area (Å²) in [5.41, 5.74) is -1.09. The van der Waals surface area contributed by atoms with Gasteiger partial charge in [-0.1, -0.05) is 23.7 Å². The third-order valence-corrected chi connectivity index (χ3v) is 5.32. The van der Waals surface area contributed by atoms with Crippen LogP contribution in [0.2, 0.25) is 5.02 Å². The molecule has 0 fully saturated rings. The minimum atomic E-state index is -4.50. The van der Waals surface area contributed by atoms with Crippen molar-refractivity contribution in [2.24, 2.45) is 0 Å². The van der Waals surface area contributed by atoms with E-state index < -0.39 is 40.2 Å². The normalized spacial score (nSPS) is 12.2. The van der Waals surface area contributed by atoms with E-state index in [-0.39, 0.29) is 29.1 Å². The van der Waals surface area contributed by atoms with Crippen molar-refractivity contribution in [2.45, 2.75) is 25.2 Å². The van der Waals surface area contributed by atoms with Crippen LogP contribution >= 0.6 is 23.4 Å². The summed E-state index contributed by atoms with van der Waals surface area (Å²) in [6.45, 7) is -0.166. The van der Waals surface area contributed by atoms with Gasteiger partial charge in [-0.25, -0.2) is 0 Å². The molecule has 0 aliphatic heterocycles. The number of nitrogens with zero attached hydrogens (tertiary/aromatic N) is 1. The molecule has 0 aromatic heterocycles. The molecule has 2 N–H and O–H groups in total. The van der Waals surface area contributed by atoms with Gasteiger partial charge in [0, 0.05) is 18.2 Å². The molecule has 0 aliphatic rings. The lowest BCUT2D eigenvalue weighted by atomic mass is 10.1. The molecule has 0 bridgehead atoms. The summed E-state index contributed by atoms with van der Waals surface area (Å²) in [5.74, 6) is -0.791. The SMILES string of the molecule is CSCCC(NC(=O)c1ccc(Cl)c([N+](=O)[O-])c1)C(=O)NCc1cccc(C(F)(F)F)c1. The van der Waals surface area contributed by atoms with Crippen molar-refractivity contribution in [3.63, 3.8) is 0 Å². The van der Waals surface area contributed by atoms with Crippen LogP contribution in [0.1, 0.15) is 27.9 Å². The van der Waals surface area contributed by atoms with Crippen molar-refractivity contribution < 1.29 is 27.7 Å². The lowest BCUT2D eigenvalue weighted by molar-refractivity contribution is -0.384. The van der Waals surface area contributed by atoms with Gasteiger partial charge in [0.2, 0.25) is 5.91 Å². The van der Waals surface area contributed by atoms with Crippen molar-refractivity contribution in [3.8, 4) is 0 Å². The summed E-state index contributed by atoms with van der Waals surface area (Å²) in [6.07, 6.45) is -2.45. The number of thioether (sulfide) groups is 1. The van der Waals surface area contributed by atoms with E-state index in [9.17, 15) is 32.9 Å². The second-order valence-corrected chi connectivity index (χ2v) is 8.04. The summed E-state index contributed by atoms with van der Waals surface area (Å²) in [7, 11) is 0. The number of nitrogens with one attached hydrogen (secondary N) is 2. The number of nitro groups is 1. The van der Waals surface area contributed by atoms with Crippen molar-refractivity contribution in [1.29, 1.82) is 0 Å². The maximum absolute atomic E-state index is 12.9. The maximum Gasteiger partial charge on any atom is 0.416 e. The molecule has 12 heteroatoms. The number of alkyl halides is 3. The highest BCUT2D eigenvalue weighted by Gasteiger charge is 2.30. The van der Waals surface area contributed by atoms with Crippen LogP contribution in [0.15, 0.2) is 42.5 Å². The van der Waals surface area contributed by atoms with Gasteiger partial charge in [-0.2, -0.15) is 24.9 Å². The molecule has 0 heterocycles. The molecule has 1 unspecified atom stereocenters. The van der Waals surface area contributed by atoms with Gasteiger partial charge in [0.15, 0.2) is 0 Å². The molecule has 0 saturated carbocycles. The summed E-state index contributed by atoms with van der Waals surface area (Å²) in [4.78, 5) is 35.5. The lowest BCUT2D eigenvalue weighted by Crippen LogP contribution is -2.46. The molecule has 2 amide bonds. The number of amides is 2. The molecular weight excluding hydrogens is 471 g/mol. The molecule has 0 saturated heterocycles.